The Morgan fingerprint density at radius 3 is 2.53 bits per heavy atom. The molecule has 1 aromatic heterocycles. The van der Waals surface area contributed by atoms with Gasteiger partial charge < -0.3 is 11.5 Å². The van der Waals surface area contributed by atoms with Crippen molar-refractivity contribution in [2.75, 3.05) is 0 Å². The predicted octanol–water partition coefficient (Wildman–Crippen LogP) is 2.17. The molecule has 2 rings (SSSR count). The molecule has 0 fully saturated rings. The molecule has 0 amide bonds. The molecule has 2 aromatic rings. The largest absolute Gasteiger partial charge is 0.328 e. The Kier molecular flexibility index (Phi) is 4.63. The summed E-state index contributed by atoms with van der Waals surface area (Å²) in [5, 5.41) is 0.874. The summed E-state index contributed by atoms with van der Waals surface area (Å²) >= 11 is 1.38. The summed E-state index contributed by atoms with van der Waals surface area (Å²) in [5.74, 6) is 0.837. The fourth-order valence-corrected chi connectivity index (χ4v) is 2.56. The second kappa shape index (κ2) is 6.23. The molecule has 0 spiro atoms. The van der Waals surface area contributed by atoms with E-state index in [1.807, 2.05) is 6.92 Å². The van der Waals surface area contributed by atoms with Crippen LogP contribution in [0, 0.1) is 6.92 Å². The first-order chi connectivity index (χ1) is 9.04. The van der Waals surface area contributed by atoms with E-state index in [1.165, 1.54) is 22.7 Å². The Labute approximate surface area is 118 Å². The van der Waals surface area contributed by atoms with Crippen LogP contribution in [0.1, 0.15) is 41.3 Å². The van der Waals surface area contributed by atoms with Crippen LogP contribution in [0.2, 0.25) is 0 Å². The van der Waals surface area contributed by atoms with Crippen molar-refractivity contribution in [2.24, 2.45) is 11.5 Å². The van der Waals surface area contributed by atoms with Gasteiger partial charge >= 0.3 is 0 Å². The fraction of sp³-hybridized carbons (Fsp3) is 0.429. The smallest absolute Gasteiger partial charge is 0.147 e. The van der Waals surface area contributed by atoms with E-state index in [9.17, 15) is 0 Å². The lowest BCUT2D eigenvalue weighted by Crippen LogP contribution is -2.23. The molecule has 0 radical (unpaired) electrons. The molecule has 0 aliphatic carbocycles. The number of aryl methyl sites for hydroxylation is 1. The highest BCUT2D eigenvalue weighted by Gasteiger charge is 2.14. The van der Waals surface area contributed by atoms with E-state index in [4.69, 9.17) is 11.5 Å². The van der Waals surface area contributed by atoms with Gasteiger partial charge in [0.2, 0.25) is 0 Å². The van der Waals surface area contributed by atoms with Crippen molar-refractivity contribution in [1.82, 2.24) is 9.36 Å². The van der Waals surface area contributed by atoms with Gasteiger partial charge in [-0.05, 0) is 37.4 Å². The molecule has 1 aromatic carbocycles. The van der Waals surface area contributed by atoms with Gasteiger partial charge in [0.25, 0.3) is 0 Å². The van der Waals surface area contributed by atoms with Gasteiger partial charge in [-0.3, -0.25) is 0 Å². The SMILES string of the molecule is Cc1ccc(Cc2nsc(C(N)CC(C)N)n2)cc1. The molecule has 4 N–H and O–H groups in total. The highest BCUT2D eigenvalue weighted by molar-refractivity contribution is 7.05. The first-order valence-corrected chi connectivity index (χ1v) is 7.21. The van der Waals surface area contributed by atoms with E-state index in [1.54, 1.807) is 0 Å². The van der Waals surface area contributed by atoms with E-state index < -0.39 is 0 Å². The van der Waals surface area contributed by atoms with Crippen LogP contribution < -0.4 is 11.5 Å². The monoisotopic (exact) mass is 276 g/mol. The molecule has 102 valence electrons. The van der Waals surface area contributed by atoms with Crippen molar-refractivity contribution < 1.29 is 0 Å². The lowest BCUT2D eigenvalue weighted by Gasteiger charge is -2.09. The van der Waals surface area contributed by atoms with E-state index >= 15 is 0 Å². The molecule has 0 aliphatic heterocycles. The number of aromatic nitrogens is 2. The summed E-state index contributed by atoms with van der Waals surface area (Å²) in [6, 6.07) is 8.40. The van der Waals surface area contributed by atoms with Gasteiger partial charge in [0.05, 0.1) is 6.04 Å². The third kappa shape index (κ3) is 4.09. The maximum Gasteiger partial charge on any atom is 0.147 e. The van der Waals surface area contributed by atoms with E-state index in [0.29, 0.717) is 0 Å². The number of nitrogens with two attached hydrogens (primary N) is 2. The summed E-state index contributed by atoms with van der Waals surface area (Å²) in [6.07, 6.45) is 1.49. The first-order valence-electron chi connectivity index (χ1n) is 6.44. The standard InChI is InChI=1S/C14H20N4S/c1-9-3-5-11(6-4-9)8-13-17-14(19-18-13)12(16)7-10(2)15/h3-6,10,12H,7-8,15-16H2,1-2H3. The number of hydrogen-bond acceptors (Lipinski definition) is 5. The van der Waals surface area contributed by atoms with Crippen molar-refractivity contribution in [2.45, 2.75) is 38.8 Å². The van der Waals surface area contributed by atoms with Crippen LogP contribution in [0.15, 0.2) is 24.3 Å². The Bertz CT molecular complexity index is 518. The fourth-order valence-electron chi connectivity index (χ4n) is 1.88. The number of rotatable bonds is 5. The molecule has 2 atom stereocenters. The summed E-state index contributed by atoms with van der Waals surface area (Å²) in [5.41, 5.74) is 14.3. The van der Waals surface area contributed by atoms with Crippen LogP contribution in [0.4, 0.5) is 0 Å². The van der Waals surface area contributed by atoms with Gasteiger partial charge in [-0.1, -0.05) is 29.8 Å². The van der Waals surface area contributed by atoms with Gasteiger partial charge in [-0.2, -0.15) is 4.37 Å². The molecular weight excluding hydrogens is 256 g/mol. The maximum atomic E-state index is 6.05. The van der Waals surface area contributed by atoms with Crippen LogP contribution in [-0.4, -0.2) is 15.4 Å². The van der Waals surface area contributed by atoms with Crippen molar-refractivity contribution in [3.05, 3.63) is 46.2 Å². The van der Waals surface area contributed by atoms with Gasteiger partial charge in [0, 0.05) is 12.5 Å². The molecule has 0 aliphatic rings. The van der Waals surface area contributed by atoms with Gasteiger partial charge in [0.1, 0.15) is 10.8 Å². The highest BCUT2D eigenvalue weighted by atomic mass is 32.1. The normalized spacial score (nSPS) is 14.3. The predicted molar refractivity (Wildman–Crippen MR) is 79.1 cm³/mol. The molecule has 0 saturated heterocycles. The zero-order valence-electron chi connectivity index (χ0n) is 11.3. The Balaban J connectivity index is 2.02. The summed E-state index contributed by atoms with van der Waals surface area (Å²) in [7, 11) is 0. The molecule has 0 saturated carbocycles. The zero-order chi connectivity index (χ0) is 13.8. The van der Waals surface area contributed by atoms with E-state index in [0.717, 1.165) is 23.7 Å². The Morgan fingerprint density at radius 2 is 1.89 bits per heavy atom. The number of benzene rings is 1. The minimum Gasteiger partial charge on any atom is -0.328 e. The first kappa shape index (κ1) is 14.1. The summed E-state index contributed by atoms with van der Waals surface area (Å²) in [6.45, 7) is 4.03. The van der Waals surface area contributed by atoms with Crippen LogP contribution in [0.5, 0.6) is 0 Å². The maximum absolute atomic E-state index is 6.05. The lowest BCUT2D eigenvalue weighted by atomic mass is 10.1. The van der Waals surface area contributed by atoms with Crippen LogP contribution in [-0.2, 0) is 6.42 Å². The zero-order valence-corrected chi connectivity index (χ0v) is 12.2. The van der Waals surface area contributed by atoms with Gasteiger partial charge in [0.15, 0.2) is 0 Å². The third-order valence-electron chi connectivity index (χ3n) is 2.91. The molecule has 4 nitrogen and oxygen atoms in total. The minimum absolute atomic E-state index is 0.0828. The van der Waals surface area contributed by atoms with Gasteiger partial charge in [-0.25, -0.2) is 4.98 Å². The van der Waals surface area contributed by atoms with Crippen LogP contribution in [0.25, 0.3) is 0 Å². The minimum atomic E-state index is -0.107. The average Bonchev–Trinajstić information content (AvgIpc) is 2.80. The van der Waals surface area contributed by atoms with Crippen LogP contribution >= 0.6 is 11.5 Å². The molecular formula is C14H20N4S. The second-order valence-electron chi connectivity index (χ2n) is 5.03. The Morgan fingerprint density at radius 1 is 1.21 bits per heavy atom. The molecule has 1 heterocycles. The van der Waals surface area contributed by atoms with Gasteiger partial charge in [-0.15, -0.1) is 0 Å². The molecule has 0 bridgehead atoms. The van der Waals surface area contributed by atoms with Crippen LogP contribution in [0.3, 0.4) is 0 Å². The summed E-state index contributed by atoms with van der Waals surface area (Å²) in [4.78, 5) is 4.51. The van der Waals surface area contributed by atoms with E-state index in [-0.39, 0.29) is 12.1 Å². The van der Waals surface area contributed by atoms with Crippen molar-refractivity contribution in [3.63, 3.8) is 0 Å². The van der Waals surface area contributed by atoms with Crippen molar-refractivity contribution in [1.29, 1.82) is 0 Å². The number of nitrogens with zero attached hydrogens (tertiary/aromatic N) is 2. The molecule has 2 unspecified atom stereocenters. The second-order valence-corrected chi connectivity index (χ2v) is 5.81. The quantitative estimate of drug-likeness (QED) is 0.877. The lowest BCUT2D eigenvalue weighted by molar-refractivity contribution is 0.565. The number of hydrogen-bond donors (Lipinski definition) is 2. The molecule has 5 heteroatoms. The molecule has 19 heavy (non-hydrogen) atoms. The topological polar surface area (TPSA) is 77.8 Å². The van der Waals surface area contributed by atoms with E-state index in [2.05, 4.69) is 40.5 Å². The third-order valence-corrected chi connectivity index (χ3v) is 3.79. The van der Waals surface area contributed by atoms with Crippen molar-refractivity contribution in [3.8, 4) is 0 Å². The average molecular weight is 276 g/mol. The van der Waals surface area contributed by atoms with Crippen molar-refractivity contribution >= 4 is 11.5 Å². The summed E-state index contributed by atoms with van der Waals surface area (Å²) < 4.78 is 4.37. The Hall–Kier alpha value is -1.30. The highest BCUT2D eigenvalue weighted by Crippen LogP contribution is 2.18.